The first-order valence-electron chi connectivity index (χ1n) is 7.40. The van der Waals surface area contributed by atoms with Gasteiger partial charge in [0.05, 0.1) is 0 Å². The fourth-order valence-electron chi connectivity index (χ4n) is 2.27. The molecule has 1 aromatic carbocycles. The highest BCUT2D eigenvalue weighted by atomic mass is 79.9. The van der Waals surface area contributed by atoms with Crippen molar-refractivity contribution in [1.82, 2.24) is 0 Å². The molecular formula is C18H21BrO4. The van der Waals surface area contributed by atoms with Crippen molar-refractivity contribution >= 4 is 21.9 Å². The van der Waals surface area contributed by atoms with Crippen LogP contribution in [0.25, 0.3) is 0 Å². The number of benzene rings is 1. The molecule has 2 aromatic rings. The van der Waals surface area contributed by atoms with E-state index in [2.05, 4.69) is 42.8 Å². The molecule has 1 unspecified atom stereocenters. The molecular weight excluding hydrogens is 360 g/mol. The molecule has 0 aliphatic heterocycles. The number of hydrogen-bond acceptors (Lipinski definition) is 3. The van der Waals surface area contributed by atoms with E-state index >= 15 is 0 Å². The van der Waals surface area contributed by atoms with E-state index in [-0.39, 0.29) is 17.3 Å². The lowest BCUT2D eigenvalue weighted by Gasteiger charge is -2.25. The molecule has 0 spiro atoms. The summed E-state index contributed by atoms with van der Waals surface area (Å²) in [6, 6.07) is 7.13. The van der Waals surface area contributed by atoms with Crippen molar-refractivity contribution in [2.75, 3.05) is 0 Å². The van der Waals surface area contributed by atoms with Gasteiger partial charge in [0.2, 0.25) is 5.76 Å². The highest BCUT2D eigenvalue weighted by molar-refractivity contribution is 9.10. The first-order chi connectivity index (χ1) is 10.6. The molecule has 0 radical (unpaired) electrons. The zero-order valence-corrected chi connectivity index (χ0v) is 15.5. The number of carboxylic acid groups (broad SMARTS) is 1. The Morgan fingerprint density at radius 1 is 1.30 bits per heavy atom. The maximum absolute atomic E-state index is 10.9. The van der Waals surface area contributed by atoms with Crippen molar-refractivity contribution in [2.45, 2.75) is 46.1 Å². The van der Waals surface area contributed by atoms with Crippen LogP contribution in [0.3, 0.4) is 0 Å². The van der Waals surface area contributed by atoms with E-state index in [9.17, 15) is 4.79 Å². The van der Waals surface area contributed by atoms with E-state index in [0.29, 0.717) is 5.76 Å². The summed E-state index contributed by atoms with van der Waals surface area (Å²) in [6.07, 6.45) is -0.384. The molecule has 0 saturated heterocycles. The zero-order chi connectivity index (χ0) is 17.4. The predicted molar refractivity (Wildman–Crippen MR) is 92.3 cm³/mol. The number of aryl methyl sites for hydroxylation is 1. The number of ether oxygens (including phenoxy) is 1. The second-order valence-corrected chi connectivity index (χ2v) is 7.47. The zero-order valence-electron chi connectivity index (χ0n) is 13.9. The Kier molecular flexibility index (Phi) is 4.90. The van der Waals surface area contributed by atoms with Crippen LogP contribution in [0.5, 0.6) is 5.75 Å². The number of carboxylic acids is 1. The third kappa shape index (κ3) is 3.96. The highest BCUT2D eigenvalue weighted by Gasteiger charge is 2.23. The molecule has 2 rings (SSSR count). The Hall–Kier alpha value is -1.75. The molecule has 0 fully saturated rings. The SMILES string of the molecule is Cc1cc(OC(C)c2ccc(C(=O)O)o2)c(C(C)(C)C)cc1Br. The Bertz CT molecular complexity index is 725. The van der Waals surface area contributed by atoms with E-state index in [1.165, 1.54) is 6.07 Å². The minimum Gasteiger partial charge on any atom is -0.482 e. The molecule has 23 heavy (non-hydrogen) atoms. The van der Waals surface area contributed by atoms with E-state index in [1.54, 1.807) is 6.07 Å². The summed E-state index contributed by atoms with van der Waals surface area (Å²) >= 11 is 3.56. The molecule has 0 saturated carbocycles. The van der Waals surface area contributed by atoms with Crippen LogP contribution in [-0.2, 0) is 5.41 Å². The van der Waals surface area contributed by atoms with Crippen LogP contribution in [-0.4, -0.2) is 11.1 Å². The molecule has 124 valence electrons. The van der Waals surface area contributed by atoms with E-state index < -0.39 is 5.97 Å². The molecule has 5 heteroatoms. The quantitative estimate of drug-likeness (QED) is 0.761. The van der Waals surface area contributed by atoms with Crippen molar-refractivity contribution < 1.29 is 19.1 Å². The first-order valence-corrected chi connectivity index (χ1v) is 8.19. The average Bonchev–Trinajstić information content (AvgIpc) is 2.91. The Labute approximate surface area is 144 Å². The second-order valence-electron chi connectivity index (χ2n) is 6.61. The van der Waals surface area contributed by atoms with Crippen LogP contribution >= 0.6 is 15.9 Å². The third-order valence-electron chi connectivity index (χ3n) is 3.61. The summed E-state index contributed by atoms with van der Waals surface area (Å²) < 4.78 is 12.4. The second kappa shape index (κ2) is 6.40. The van der Waals surface area contributed by atoms with Crippen molar-refractivity contribution in [2.24, 2.45) is 0 Å². The van der Waals surface area contributed by atoms with Gasteiger partial charge in [-0.25, -0.2) is 4.79 Å². The Morgan fingerprint density at radius 2 is 1.96 bits per heavy atom. The van der Waals surface area contributed by atoms with Gasteiger partial charge in [0.25, 0.3) is 0 Å². The molecule has 0 bridgehead atoms. The fraction of sp³-hybridized carbons (Fsp3) is 0.389. The van der Waals surface area contributed by atoms with Crippen molar-refractivity contribution in [3.8, 4) is 5.75 Å². The standard InChI is InChI=1S/C18H21BrO4/c1-10-8-16(12(9-13(10)19)18(3,4)5)22-11(2)14-6-7-15(23-14)17(20)21/h6-9,11H,1-5H3,(H,20,21). The normalized spacial score (nSPS) is 13.0. The molecule has 1 aromatic heterocycles. The van der Waals surface area contributed by atoms with Crippen LogP contribution in [0, 0.1) is 6.92 Å². The molecule has 0 aliphatic carbocycles. The lowest BCUT2D eigenvalue weighted by Crippen LogP contribution is -2.15. The highest BCUT2D eigenvalue weighted by Crippen LogP contribution is 2.37. The van der Waals surface area contributed by atoms with Gasteiger partial charge in [0, 0.05) is 10.0 Å². The van der Waals surface area contributed by atoms with Crippen LogP contribution in [0.15, 0.2) is 33.2 Å². The van der Waals surface area contributed by atoms with Gasteiger partial charge in [-0.15, -0.1) is 0 Å². The number of aromatic carboxylic acids is 1. The van der Waals surface area contributed by atoms with Gasteiger partial charge in [0.1, 0.15) is 11.5 Å². The summed E-state index contributed by atoms with van der Waals surface area (Å²) in [4.78, 5) is 10.9. The average molecular weight is 381 g/mol. The van der Waals surface area contributed by atoms with Crippen LogP contribution in [0.2, 0.25) is 0 Å². The fourth-order valence-corrected chi connectivity index (χ4v) is 2.62. The minimum atomic E-state index is -1.08. The van der Waals surface area contributed by atoms with Gasteiger partial charge in [-0.1, -0.05) is 36.7 Å². The van der Waals surface area contributed by atoms with Crippen molar-refractivity contribution in [3.05, 3.63) is 51.4 Å². The van der Waals surface area contributed by atoms with E-state index in [0.717, 1.165) is 21.3 Å². The maximum Gasteiger partial charge on any atom is 0.371 e. The molecule has 1 heterocycles. The molecule has 4 nitrogen and oxygen atoms in total. The molecule has 1 atom stereocenters. The Morgan fingerprint density at radius 3 is 2.48 bits per heavy atom. The largest absolute Gasteiger partial charge is 0.482 e. The third-order valence-corrected chi connectivity index (χ3v) is 4.47. The van der Waals surface area contributed by atoms with Crippen LogP contribution in [0.4, 0.5) is 0 Å². The van der Waals surface area contributed by atoms with Gasteiger partial charge in [-0.3, -0.25) is 0 Å². The summed E-state index contributed by atoms with van der Waals surface area (Å²) in [6.45, 7) is 10.2. The van der Waals surface area contributed by atoms with Gasteiger partial charge in [-0.2, -0.15) is 0 Å². The van der Waals surface area contributed by atoms with Gasteiger partial charge >= 0.3 is 5.97 Å². The lowest BCUT2D eigenvalue weighted by atomic mass is 9.86. The Balaban J connectivity index is 2.34. The van der Waals surface area contributed by atoms with Crippen LogP contribution in [0.1, 0.15) is 61.2 Å². The summed E-state index contributed by atoms with van der Waals surface area (Å²) in [5, 5.41) is 8.95. The number of rotatable bonds is 4. The van der Waals surface area contributed by atoms with Gasteiger partial charge < -0.3 is 14.3 Å². The number of halogens is 1. The van der Waals surface area contributed by atoms with E-state index in [1.807, 2.05) is 19.9 Å². The number of hydrogen-bond donors (Lipinski definition) is 1. The summed E-state index contributed by atoms with van der Waals surface area (Å²) in [5.41, 5.74) is 2.07. The summed E-state index contributed by atoms with van der Waals surface area (Å²) in [7, 11) is 0. The molecule has 0 aliphatic rings. The van der Waals surface area contributed by atoms with Gasteiger partial charge in [0.15, 0.2) is 6.10 Å². The van der Waals surface area contributed by atoms with Crippen molar-refractivity contribution in [1.29, 1.82) is 0 Å². The maximum atomic E-state index is 10.9. The summed E-state index contributed by atoms with van der Waals surface area (Å²) in [5.74, 6) is 0.0959. The first kappa shape index (κ1) is 17.6. The monoisotopic (exact) mass is 380 g/mol. The number of carbonyl (C=O) groups is 1. The van der Waals surface area contributed by atoms with Crippen molar-refractivity contribution in [3.63, 3.8) is 0 Å². The smallest absolute Gasteiger partial charge is 0.371 e. The van der Waals surface area contributed by atoms with Gasteiger partial charge in [-0.05, 0) is 49.1 Å². The van der Waals surface area contributed by atoms with E-state index in [4.69, 9.17) is 14.3 Å². The molecule has 0 amide bonds. The topological polar surface area (TPSA) is 59.7 Å². The van der Waals surface area contributed by atoms with Crippen LogP contribution < -0.4 is 4.74 Å². The number of furan rings is 1. The minimum absolute atomic E-state index is 0.0827. The lowest BCUT2D eigenvalue weighted by molar-refractivity contribution is 0.0655. The molecule has 1 N–H and O–H groups in total. The predicted octanol–water partition coefficient (Wildman–Crippen LogP) is 5.49.